The van der Waals surface area contributed by atoms with E-state index in [1.165, 1.54) is 31.2 Å². The molecule has 2 aromatic carbocycles. The zero-order valence-electron chi connectivity index (χ0n) is 19.6. The molecule has 0 aliphatic carbocycles. The Balaban J connectivity index is 1.90. The van der Waals surface area contributed by atoms with Crippen molar-refractivity contribution in [1.29, 1.82) is 0 Å². The first kappa shape index (κ1) is 25.7. The maximum Gasteiger partial charge on any atom is 0.264 e. The van der Waals surface area contributed by atoms with Gasteiger partial charge < -0.3 is 9.88 Å². The molecule has 3 rings (SSSR count). The van der Waals surface area contributed by atoms with E-state index in [9.17, 15) is 21.6 Å². The van der Waals surface area contributed by atoms with Gasteiger partial charge in [-0.1, -0.05) is 20.8 Å². The first-order valence-corrected chi connectivity index (χ1v) is 13.7. The maximum absolute atomic E-state index is 12.8. The minimum Gasteiger partial charge on any atom is -0.326 e. The largest absolute Gasteiger partial charge is 0.326 e. The summed E-state index contributed by atoms with van der Waals surface area (Å²) in [5.74, 6) is 0.465. The van der Waals surface area contributed by atoms with Crippen LogP contribution in [-0.2, 0) is 41.1 Å². The molecular formula is C22H28N4O6S2. The van der Waals surface area contributed by atoms with Crippen molar-refractivity contribution in [3.63, 3.8) is 0 Å². The van der Waals surface area contributed by atoms with E-state index < -0.39 is 20.1 Å². The van der Waals surface area contributed by atoms with E-state index in [1.54, 1.807) is 18.2 Å². The number of hydrogen-bond donors (Lipinski definition) is 2. The second-order valence-electron chi connectivity index (χ2n) is 8.88. The van der Waals surface area contributed by atoms with Gasteiger partial charge in [0.15, 0.2) is 0 Å². The number of imidazole rings is 1. The van der Waals surface area contributed by atoms with Crippen LogP contribution in [0.3, 0.4) is 0 Å². The average Bonchev–Trinajstić information content (AvgIpc) is 3.05. The van der Waals surface area contributed by atoms with E-state index in [0.717, 1.165) is 11.8 Å². The van der Waals surface area contributed by atoms with E-state index in [0.29, 0.717) is 22.7 Å². The summed E-state index contributed by atoms with van der Waals surface area (Å²) in [6.07, 6.45) is 0.995. The number of sulfonamides is 1. The van der Waals surface area contributed by atoms with Gasteiger partial charge in [-0.05, 0) is 42.5 Å². The first-order chi connectivity index (χ1) is 15.7. The molecule has 3 aromatic rings. The molecule has 184 valence electrons. The van der Waals surface area contributed by atoms with Crippen LogP contribution in [-0.4, -0.2) is 45.2 Å². The van der Waals surface area contributed by atoms with E-state index in [-0.39, 0.29) is 29.4 Å². The van der Waals surface area contributed by atoms with Crippen LogP contribution >= 0.6 is 0 Å². The van der Waals surface area contributed by atoms with Gasteiger partial charge in [0.05, 0.1) is 34.5 Å². The number of amides is 1. The van der Waals surface area contributed by atoms with E-state index >= 15 is 0 Å². The van der Waals surface area contributed by atoms with E-state index in [2.05, 4.69) is 15.0 Å². The molecule has 10 nitrogen and oxygen atoms in total. The average molecular weight is 509 g/mol. The van der Waals surface area contributed by atoms with Gasteiger partial charge in [0.2, 0.25) is 5.91 Å². The molecular weight excluding hydrogens is 480 g/mol. The van der Waals surface area contributed by atoms with Crippen LogP contribution in [0.25, 0.3) is 11.0 Å². The van der Waals surface area contributed by atoms with Crippen molar-refractivity contribution in [3.05, 3.63) is 48.3 Å². The summed E-state index contributed by atoms with van der Waals surface area (Å²) in [6, 6.07) is 10.8. The van der Waals surface area contributed by atoms with Gasteiger partial charge in [-0.25, -0.2) is 13.4 Å². The lowest BCUT2D eigenvalue weighted by Crippen LogP contribution is -2.21. The highest BCUT2D eigenvalue weighted by molar-refractivity contribution is 7.92. The predicted octanol–water partition coefficient (Wildman–Crippen LogP) is 3.07. The lowest BCUT2D eigenvalue weighted by molar-refractivity contribution is -0.114. The van der Waals surface area contributed by atoms with Crippen molar-refractivity contribution in [2.45, 2.75) is 44.6 Å². The summed E-state index contributed by atoms with van der Waals surface area (Å²) in [5, 5.41) is 2.59. The smallest absolute Gasteiger partial charge is 0.264 e. The van der Waals surface area contributed by atoms with Crippen LogP contribution < -0.4 is 10.0 Å². The fraction of sp³-hybridized carbons (Fsp3) is 0.364. The number of carbonyl (C=O) groups excluding carboxylic acids is 1. The molecule has 34 heavy (non-hydrogen) atoms. The zero-order valence-corrected chi connectivity index (χ0v) is 21.2. The van der Waals surface area contributed by atoms with E-state index in [1.807, 2.05) is 25.3 Å². The monoisotopic (exact) mass is 508 g/mol. The van der Waals surface area contributed by atoms with Gasteiger partial charge in [-0.3, -0.25) is 13.7 Å². The molecule has 0 atom stereocenters. The molecule has 0 saturated carbocycles. The van der Waals surface area contributed by atoms with Crippen LogP contribution in [0, 0.1) is 0 Å². The molecule has 0 aliphatic rings. The molecule has 12 heteroatoms. The molecule has 0 spiro atoms. The Labute approximate surface area is 199 Å². The third-order valence-corrected chi connectivity index (χ3v) is 6.76. The van der Waals surface area contributed by atoms with Crippen molar-refractivity contribution in [2.75, 3.05) is 22.9 Å². The van der Waals surface area contributed by atoms with Gasteiger partial charge in [0.25, 0.3) is 20.1 Å². The van der Waals surface area contributed by atoms with Crippen molar-refractivity contribution >= 4 is 48.5 Å². The Morgan fingerprint density at radius 3 is 2.21 bits per heavy atom. The van der Waals surface area contributed by atoms with Crippen LogP contribution in [0.5, 0.6) is 0 Å². The van der Waals surface area contributed by atoms with E-state index in [4.69, 9.17) is 4.18 Å². The number of carbonyl (C=O) groups is 1. The number of hydrogen-bond acceptors (Lipinski definition) is 7. The fourth-order valence-corrected chi connectivity index (χ4v) is 4.83. The third-order valence-electron chi connectivity index (χ3n) is 4.77. The minimum atomic E-state index is -3.87. The van der Waals surface area contributed by atoms with Crippen LogP contribution in [0.2, 0.25) is 0 Å². The Hall–Kier alpha value is -2.96. The molecule has 1 heterocycles. The molecule has 1 amide bonds. The number of fused-ring (bicyclic) bond motifs is 1. The SMILES string of the molecule is CC(=O)Nc1ccc(S(=O)(=O)Nc2ccc3c(c2)nc(C(C)(C)C)n3CCOS(C)(=O)=O)cc1. The number of aromatic nitrogens is 2. The van der Waals surface area contributed by atoms with Gasteiger partial charge in [-0.15, -0.1) is 0 Å². The number of rotatable bonds is 8. The number of anilines is 2. The Morgan fingerprint density at radius 2 is 1.65 bits per heavy atom. The second kappa shape index (κ2) is 9.35. The molecule has 0 aliphatic heterocycles. The van der Waals surface area contributed by atoms with Crippen LogP contribution in [0.15, 0.2) is 47.4 Å². The Kier molecular flexibility index (Phi) is 7.06. The molecule has 0 unspecified atom stereocenters. The minimum absolute atomic E-state index is 0.0422. The number of nitrogens with one attached hydrogen (secondary N) is 2. The fourth-order valence-electron chi connectivity index (χ4n) is 3.41. The maximum atomic E-state index is 12.8. The molecule has 0 fully saturated rings. The first-order valence-electron chi connectivity index (χ1n) is 10.4. The lowest BCUT2D eigenvalue weighted by atomic mass is 9.95. The summed E-state index contributed by atoms with van der Waals surface area (Å²) in [6.45, 7) is 7.54. The van der Waals surface area contributed by atoms with Crippen molar-refractivity contribution in [3.8, 4) is 0 Å². The van der Waals surface area contributed by atoms with Crippen LogP contribution in [0.1, 0.15) is 33.5 Å². The highest BCUT2D eigenvalue weighted by atomic mass is 32.2. The molecule has 2 N–H and O–H groups in total. The Morgan fingerprint density at radius 1 is 1.03 bits per heavy atom. The standard InChI is InChI=1S/C22H28N4O6S2/c1-15(27)23-16-6-9-18(10-7-16)34(30,31)25-17-8-11-20-19(14-17)24-21(22(2,3)4)26(20)12-13-32-33(5,28)29/h6-11,14,25H,12-13H2,1-5H3,(H,23,27). The number of nitrogens with zero attached hydrogens (tertiary/aromatic N) is 2. The number of benzene rings is 2. The predicted molar refractivity (Wildman–Crippen MR) is 131 cm³/mol. The summed E-state index contributed by atoms with van der Waals surface area (Å²) < 4.78 is 57.7. The summed E-state index contributed by atoms with van der Waals surface area (Å²) in [4.78, 5) is 15.9. The Bertz CT molecular complexity index is 1420. The third kappa shape index (κ3) is 6.33. The summed E-state index contributed by atoms with van der Waals surface area (Å²) in [7, 11) is -7.45. The van der Waals surface area contributed by atoms with Gasteiger partial charge >= 0.3 is 0 Å². The van der Waals surface area contributed by atoms with Gasteiger partial charge in [0.1, 0.15) is 5.82 Å². The summed E-state index contributed by atoms with van der Waals surface area (Å²) in [5.41, 5.74) is 1.76. The zero-order chi connectivity index (χ0) is 25.3. The highest BCUT2D eigenvalue weighted by Gasteiger charge is 2.24. The van der Waals surface area contributed by atoms with Crippen molar-refractivity contribution in [2.24, 2.45) is 0 Å². The lowest BCUT2D eigenvalue weighted by Gasteiger charge is -2.20. The highest BCUT2D eigenvalue weighted by Crippen LogP contribution is 2.29. The van der Waals surface area contributed by atoms with Gasteiger partial charge in [0, 0.05) is 24.6 Å². The van der Waals surface area contributed by atoms with Crippen molar-refractivity contribution < 1.29 is 25.8 Å². The molecule has 0 radical (unpaired) electrons. The van der Waals surface area contributed by atoms with Crippen LogP contribution in [0.4, 0.5) is 11.4 Å². The topological polar surface area (TPSA) is 136 Å². The summed E-state index contributed by atoms with van der Waals surface area (Å²) >= 11 is 0. The second-order valence-corrected chi connectivity index (χ2v) is 12.2. The normalized spacial score (nSPS) is 12.6. The molecule has 0 bridgehead atoms. The quantitative estimate of drug-likeness (QED) is 0.446. The molecule has 0 saturated heterocycles. The molecule has 1 aromatic heterocycles. The van der Waals surface area contributed by atoms with Crippen molar-refractivity contribution in [1.82, 2.24) is 9.55 Å². The van der Waals surface area contributed by atoms with Gasteiger partial charge in [-0.2, -0.15) is 8.42 Å².